The van der Waals surface area contributed by atoms with Crippen LogP contribution in [0.3, 0.4) is 0 Å². The molecular weight excluding hydrogens is 254 g/mol. The molecule has 0 radical (unpaired) electrons. The predicted molar refractivity (Wildman–Crippen MR) is 68.5 cm³/mol. The van der Waals surface area contributed by atoms with Crippen molar-refractivity contribution in [2.24, 2.45) is 0 Å². The maximum absolute atomic E-state index is 4.37. The van der Waals surface area contributed by atoms with Crippen LogP contribution in [0.25, 0.3) is 0 Å². The van der Waals surface area contributed by atoms with E-state index in [1.807, 2.05) is 6.20 Å². The van der Waals surface area contributed by atoms with E-state index in [0.29, 0.717) is 0 Å². The summed E-state index contributed by atoms with van der Waals surface area (Å²) in [5.41, 5.74) is 1.22. The Kier molecular flexibility index (Phi) is 5.05. The average molecular weight is 272 g/mol. The lowest BCUT2D eigenvalue weighted by molar-refractivity contribution is 0.702. The van der Waals surface area contributed by atoms with E-state index >= 15 is 0 Å². The lowest BCUT2D eigenvalue weighted by Gasteiger charge is -2.18. The lowest BCUT2D eigenvalue weighted by atomic mass is 10.3. The van der Waals surface area contributed by atoms with Crippen LogP contribution in [0.4, 0.5) is 5.82 Å². The second-order valence-corrected chi connectivity index (χ2v) is 4.42. The number of aromatic nitrogens is 1. The number of hydrogen-bond acceptors (Lipinski definition) is 3. The summed E-state index contributed by atoms with van der Waals surface area (Å²) in [5, 5.41) is 3.30. The fraction of sp³-hybridized carbons (Fsp3) is 0.545. The molecular formula is C11H18BrN3. The molecule has 0 aromatic carbocycles. The number of likely N-dealkylation sites (N-methyl/N-ethyl adjacent to an activating group) is 2. The minimum atomic E-state index is 0.974. The number of anilines is 1. The standard InChI is InChI=1S/C11H18BrN3/c1-4-13-5-6-15(3)11-7-9(2)10(12)8-14-11/h7-8,13H,4-6H2,1-3H3. The molecule has 0 fully saturated rings. The van der Waals surface area contributed by atoms with Crippen molar-refractivity contribution in [1.82, 2.24) is 10.3 Å². The third-order valence-electron chi connectivity index (χ3n) is 2.30. The number of aryl methyl sites for hydroxylation is 1. The SMILES string of the molecule is CCNCCN(C)c1cc(C)c(Br)cn1. The van der Waals surface area contributed by atoms with Crippen molar-refractivity contribution in [1.29, 1.82) is 0 Å². The van der Waals surface area contributed by atoms with E-state index in [0.717, 1.165) is 29.9 Å². The number of rotatable bonds is 5. The van der Waals surface area contributed by atoms with Crippen LogP contribution in [0.1, 0.15) is 12.5 Å². The maximum Gasteiger partial charge on any atom is 0.128 e. The Labute approximate surface area is 100 Å². The van der Waals surface area contributed by atoms with Gasteiger partial charge in [0.25, 0.3) is 0 Å². The second-order valence-electron chi connectivity index (χ2n) is 3.57. The molecule has 84 valence electrons. The zero-order valence-electron chi connectivity index (χ0n) is 9.55. The Balaban J connectivity index is 2.57. The van der Waals surface area contributed by atoms with Crippen LogP contribution in [-0.2, 0) is 0 Å². The molecule has 1 N–H and O–H groups in total. The summed E-state index contributed by atoms with van der Waals surface area (Å²) in [5.74, 6) is 1.02. The summed E-state index contributed by atoms with van der Waals surface area (Å²) < 4.78 is 1.06. The van der Waals surface area contributed by atoms with Gasteiger partial charge in [0.15, 0.2) is 0 Å². The Morgan fingerprint density at radius 3 is 2.87 bits per heavy atom. The Morgan fingerprint density at radius 2 is 2.27 bits per heavy atom. The van der Waals surface area contributed by atoms with Gasteiger partial charge in [-0.15, -0.1) is 0 Å². The van der Waals surface area contributed by atoms with E-state index in [9.17, 15) is 0 Å². The molecule has 0 spiro atoms. The molecule has 0 bridgehead atoms. The highest BCUT2D eigenvalue weighted by Gasteiger charge is 2.03. The first-order valence-electron chi connectivity index (χ1n) is 5.19. The van der Waals surface area contributed by atoms with Gasteiger partial charge < -0.3 is 10.2 Å². The Morgan fingerprint density at radius 1 is 1.53 bits per heavy atom. The van der Waals surface area contributed by atoms with Crippen molar-refractivity contribution in [2.45, 2.75) is 13.8 Å². The summed E-state index contributed by atoms with van der Waals surface area (Å²) in [6.07, 6.45) is 1.86. The molecule has 0 saturated heterocycles. The molecule has 0 saturated carbocycles. The van der Waals surface area contributed by atoms with Crippen LogP contribution < -0.4 is 10.2 Å². The quantitative estimate of drug-likeness (QED) is 0.833. The van der Waals surface area contributed by atoms with E-state index < -0.39 is 0 Å². The third-order valence-corrected chi connectivity index (χ3v) is 3.13. The van der Waals surface area contributed by atoms with Crippen molar-refractivity contribution in [3.8, 4) is 0 Å². The summed E-state index contributed by atoms with van der Waals surface area (Å²) in [6.45, 7) is 7.17. The van der Waals surface area contributed by atoms with Gasteiger partial charge in [0.2, 0.25) is 0 Å². The molecule has 4 heteroatoms. The van der Waals surface area contributed by atoms with Gasteiger partial charge in [0.1, 0.15) is 5.82 Å². The van der Waals surface area contributed by atoms with Gasteiger partial charge in [-0.25, -0.2) is 4.98 Å². The normalized spacial score (nSPS) is 10.4. The molecule has 0 atom stereocenters. The number of pyridine rings is 1. The van der Waals surface area contributed by atoms with Gasteiger partial charge in [-0.3, -0.25) is 0 Å². The Hall–Kier alpha value is -0.610. The van der Waals surface area contributed by atoms with Crippen molar-refractivity contribution in [3.63, 3.8) is 0 Å². The van der Waals surface area contributed by atoms with Crippen LogP contribution in [0, 0.1) is 6.92 Å². The highest BCUT2D eigenvalue weighted by Crippen LogP contribution is 2.18. The van der Waals surface area contributed by atoms with Crippen molar-refractivity contribution >= 4 is 21.7 Å². The molecule has 1 aromatic heterocycles. The monoisotopic (exact) mass is 271 g/mol. The van der Waals surface area contributed by atoms with Crippen molar-refractivity contribution < 1.29 is 0 Å². The molecule has 15 heavy (non-hydrogen) atoms. The fourth-order valence-electron chi connectivity index (χ4n) is 1.27. The van der Waals surface area contributed by atoms with Gasteiger partial charge in [-0.05, 0) is 41.0 Å². The molecule has 0 amide bonds. The van der Waals surface area contributed by atoms with Crippen LogP contribution in [0.5, 0.6) is 0 Å². The van der Waals surface area contributed by atoms with Crippen LogP contribution >= 0.6 is 15.9 Å². The second kappa shape index (κ2) is 6.08. The van der Waals surface area contributed by atoms with E-state index in [-0.39, 0.29) is 0 Å². The van der Waals surface area contributed by atoms with Gasteiger partial charge in [0.05, 0.1) is 0 Å². The molecule has 1 heterocycles. The summed E-state index contributed by atoms with van der Waals surface area (Å²) in [4.78, 5) is 6.52. The highest BCUT2D eigenvalue weighted by molar-refractivity contribution is 9.10. The summed E-state index contributed by atoms with van der Waals surface area (Å²) in [6, 6.07) is 2.09. The highest BCUT2D eigenvalue weighted by atomic mass is 79.9. The van der Waals surface area contributed by atoms with E-state index in [1.54, 1.807) is 0 Å². The average Bonchev–Trinajstić information content (AvgIpc) is 2.22. The lowest BCUT2D eigenvalue weighted by Crippen LogP contribution is -2.29. The first-order chi connectivity index (χ1) is 7.15. The zero-order valence-corrected chi connectivity index (χ0v) is 11.1. The van der Waals surface area contributed by atoms with Crippen molar-refractivity contribution in [2.75, 3.05) is 31.6 Å². The van der Waals surface area contributed by atoms with Crippen LogP contribution in [-0.4, -0.2) is 31.7 Å². The van der Waals surface area contributed by atoms with Gasteiger partial charge >= 0.3 is 0 Å². The van der Waals surface area contributed by atoms with Gasteiger partial charge in [0, 0.05) is 30.8 Å². The van der Waals surface area contributed by atoms with E-state index in [2.05, 4.69) is 58.1 Å². The first kappa shape index (κ1) is 12.5. The minimum Gasteiger partial charge on any atom is -0.358 e. The van der Waals surface area contributed by atoms with Gasteiger partial charge in [-0.1, -0.05) is 6.92 Å². The number of halogens is 1. The molecule has 1 aromatic rings. The summed E-state index contributed by atoms with van der Waals surface area (Å²) >= 11 is 3.45. The maximum atomic E-state index is 4.37. The minimum absolute atomic E-state index is 0.974. The molecule has 1 rings (SSSR count). The summed E-state index contributed by atoms with van der Waals surface area (Å²) in [7, 11) is 2.06. The van der Waals surface area contributed by atoms with Gasteiger partial charge in [-0.2, -0.15) is 0 Å². The topological polar surface area (TPSA) is 28.2 Å². The fourth-order valence-corrected chi connectivity index (χ4v) is 1.49. The smallest absolute Gasteiger partial charge is 0.128 e. The first-order valence-corrected chi connectivity index (χ1v) is 5.98. The number of nitrogens with zero attached hydrogens (tertiary/aromatic N) is 2. The molecule has 0 unspecified atom stereocenters. The predicted octanol–water partition coefficient (Wildman–Crippen LogP) is 2.20. The number of nitrogens with one attached hydrogen (secondary N) is 1. The third kappa shape index (κ3) is 3.80. The number of hydrogen-bond donors (Lipinski definition) is 1. The largest absolute Gasteiger partial charge is 0.358 e. The molecule has 3 nitrogen and oxygen atoms in total. The van der Waals surface area contributed by atoms with Crippen LogP contribution in [0.2, 0.25) is 0 Å². The zero-order chi connectivity index (χ0) is 11.3. The molecule has 0 aliphatic rings. The van der Waals surface area contributed by atoms with E-state index in [4.69, 9.17) is 0 Å². The Bertz CT molecular complexity index is 315. The van der Waals surface area contributed by atoms with Crippen LogP contribution in [0.15, 0.2) is 16.7 Å². The van der Waals surface area contributed by atoms with Crippen molar-refractivity contribution in [3.05, 3.63) is 22.3 Å². The molecule has 0 aliphatic heterocycles. The van der Waals surface area contributed by atoms with E-state index in [1.165, 1.54) is 5.56 Å². The molecule has 0 aliphatic carbocycles.